The number of primary amides is 1. The first-order chi connectivity index (χ1) is 10.1. The lowest BCUT2D eigenvalue weighted by Gasteiger charge is -2.29. The molecule has 0 aliphatic carbocycles. The third kappa shape index (κ3) is 3.84. The van der Waals surface area contributed by atoms with Crippen LogP contribution in [0.4, 0.5) is 0 Å². The molecule has 0 atom stereocenters. The molecular formula is C16H20N2O3. The van der Waals surface area contributed by atoms with E-state index in [1.807, 2.05) is 24.3 Å². The molecule has 0 saturated carbocycles. The maximum atomic E-state index is 12.1. The van der Waals surface area contributed by atoms with Gasteiger partial charge < -0.3 is 15.4 Å². The summed E-state index contributed by atoms with van der Waals surface area (Å²) < 4.78 is 5.24. The molecule has 1 fully saturated rings. The second kappa shape index (κ2) is 6.92. The van der Waals surface area contributed by atoms with Crippen molar-refractivity contribution in [2.24, 2.45) is 11.7 Å². The predicted molar refractivity (Wildman–Crippen MR) is 80.5 cm³/mol. The molecule has 21 heavy (non-hydrogen) atoms. The van der Waals surface area contributed by atoms with Crippen molar-refractivity contribution >= 4 is 17.9 Å². The van der Waals surface area contributed by atoms with Crippen LogP contribution in [-0.2, 0) is 9.59 Å². The molecule has 2 rings (SSSR count). The van der Waals surface area contributed by atoms with Crippen LogP contribution in [0.1, 0.15) is 18.4 Å². The van der Waals surface area contributed by atoms with Crippen molar-refractivity contribution in [1.29, 1.82) is 0 Å². The number of amides is 2. The zero-order valence-electron chi connectivity index (χ0n) is 12.1. The Morgan fingerprint density at radius 3 is 2.57 bits per heavy atom. The summed E-state index contributed by atoms with van der Waals surface area (Å²) in [6.45, 7) is 1.14. The average molecular weight is 288 g/mol. The van der Waals surface area contributed by atoms with E-state index in [1.165, 1.54) is 0 Å². The van der Waals surface area contributed by atoms with Crippen LogP contribution in [0, 0.1) is 5.92 Å². The second-order valence-electron chi connectivity index (χ2n) is 5.08. The summed E-state index contributed by atoms with van der Waals surface area (Å²) in [5, 5.41) is 0. The van der Waals surface area contributed by atoms with Gasteiger partial charge in [-0.1, -0.05) is 18.2 Å². The van der Waals surface area contributed by atoms with Gasteiger partial charge in [0.2, 0.25) is 11.8 Å². The Hall–Kier alpha value is -2.30. The first kappa shape index (κ1) is 15.1. The fraction of sp³-hybridized carbons (Fsp3) is 0.375. The monoisotopic (exact) mass is 288 g/mol. The van der Waals surface area contributed by atoms with Crippen LogP contribution in [-0.4, -0.2) is 36.9 Å². The normalized spacial score (nSPS) is 16.1. The summed E-state index contributed by atoms with van der Waals surface area (Å²) in [5.41, 5.74) is 6.15. The highest BCUT2D eigenvalue weighted by atomic mass is 16.5. The molecule has 1 aromatic carbocycles. The number of carbonyl (C=O) groups excluding carboxylic acids is 2. The number of likely N-dealkylation sites (tertiary alicyclic amines) is 1. The van der Waals surface area contributed by atoms with Crippen LogP contribution in [0.5, 0.6) is 5.75 Å². The SMILES string of the molecule is COc1ccccc1/C=C/C(=O)N1CCC(C(N)=O)CC1. The summed E-state index contributed by atoms with van der Waals surface area (Å²) in [4.78, 5) is 25.0. The van der Waals surface area contributed by atoms with Crippen molar-refractivity contribution in [1.82, 2.24) is 4.90 Å². The minimum atomic E-state index is -0.272. The van der Waals surface area contributed by atoms with Gasteiger partial charge in [0.1, 0.15) is 5.75 Å². The molecule has 0 radical (unpaired) electrons. The molecule has 0 aromatic heterocycles. The number of carbonyl (C=O) groups is 2. The Morgan fingerprint density at radius 1 is 1.29 bits per heavy atom. The molecule has 5 nitrogen and oxygen atoms in total. The molecule has 2 N–H and O–H groups in total. The van der Waals surface area contributed by atoms with Gasteiger partial charge in [-0.3, -0.25) is 9.59 Å². The van der Waals surface area contributed by atoms with Gasteiger partial charge in [0.15, 0.2) is 0 Å². The minimum Gasteiger partial charge on any atom is -0.496 e. The number of ether oxygens (including phenoxy) is 1. The highest BCUT2D eigenvalue weighted by molar-refractivity contribution is 5.92. The Balaban J connectivity index is 1.96. The number of methoxy groups -OCH3 is 1. The molecule has 1 saturated heterocycles. The van der Waals surface area contributed by atoms with Gasteiger partial charge in [0.25, 0.3) is 0 Å². The van der Waals surface area contributed by atoms with E-state index in [1.54, 1.807) is 24.2 Å². The highest BCUT2D eigenvalue weighted by Crippen LogP contribution is 2.20. The Morgan fingerprint density at radius 2 is 1.95 bits per heavy atom. The summed E-state index contributed by atoms with van der Waals surface area (Å²) in [5.74, 6) is 0.303. The van der Waals surface area contributed by atoms with E-state index in [9.17, 15) is 9.59 Å². The first-order valence-corrected chi connectivity index (χ1v) is 7.01. The lowest BCUT2D eigenvalue weighted by molar-refractivity contribution is -0.130. The molecule has 1 heterocycles. The lowest BCUT2D eigenvalue weighted by atomic mass is 9.96. The van der Waals surface area contributed by atoms with Crippen LogP contribution < -0.4 is 10.5 Å². The van der Waals surface area contributed by atoms with E-state index in [-0.39, 0.29) is 17.7 Å². The third-order valence-corrected chi connectivity index (χ3v) is 3.75. The third-order valence-electron chi connectivity index (χ3n) is 3.75. The van der Waals surface area contributed by atoms with Crippen molar-refractivity contribution in [2.45, 2.75) is 12.8 Å². The number of hydrogen-bond donors (Lipinski definition) is 1. The van der Waals surface area contributed by atoms with Gasteiger partial charge in [0.05, 0.1) is 7.11 Å². The fourth-order valence-corrected chi connectivity index (χ4v) is 2.45. The van der Waals surface area contributed by atoms with E-state index < -0.39 is 0 Å². The number of nitrogens with zero attached hydrogens (tertiary/aromatic N) is 1. The van der Waals surface area contributed by atoms with Gasteiger partial charge >= 0.3 is 0 Å². The van der Waals surface area contributed by atoms with E-state index in [0.717, 1.165) is 11.3 Å². The first-order valence-electron chi connectivity index (χ1n) is 7.01. The topological polar surface area (TPSA) is 72.6 Å². The maximum absolute atomic E-state index is 12.1. The van der Waals surface area contributed by atoms with Crippen LogP contribution in [0.15, 0.2) is 30.3 Å². The number of piperidine rings is 1. The number of para-hydroxylation sites is 1. The number of hydrogen-bond acceptors (Lipinski definition) is 3. The van der Waals surface area contributed by atoms with Crippen LogP contribution >= 0.6 is 0 Å². The molecule has 2 amide bonds. The molecule has 0 spiro atoms. The molecule has 5 heteroatoms. The van der Waals surface area contributed by atoms with Gasteiger partial charge in [0, 0.05) is 30.6 Å². The van der Waals surface area contributed by atoms with Crippen molar-refractivity contribution in [3.05, 3.63) is 35.9 Å². The standard InChI is InChI=1S/C16H20N2O3/c1-21-14-5-3-2-4-12(14)6-7-15(19)18-10-8-13(9-11-18)16(17)20/h2-7,13H,8-11H2,1H3,(H2,17,20)/b7-6+. The lowest BCUT2D eigenvalue weighted by Crippen LogP contribution is -2.41. The summed E-state index contributed by atoms with van der Waals surface area (Å²) in [6.07, 6.45) is 4.58. The average Bonchev–Trinajstić information content (AvgIpc) is 2.52. The summed E-state index contributed by atoms with van der Waals surface area (Å²) >= 11 is 0. The van der Waals surface area contributed by atoms with E-state index in [0.29, 0.717) is 25.9 Å². The van der Waals surface area contributed by atoms with Gasteiger partial charge in [-0.2, -0.15) is 0 Å². The van der Waals surface area contributed by atoms with Gasteiger partial charge in [-0.15, -0.1) is 0 Å². The molecular weight excluding hydrogens is 268 g/mol. The van der Waals surface area contributed by atoms with Crippen LogP contribution in [0.25, 0.3) is 6.08 Å². The summed E-state index contributed by atoms with van der Waals surface area (Å²) in [6, 6.07) is 7.52. The molecule has 1 aliphatic rings. The van der Waals surface area contributed by atoms with Crippen LogP contribution in [0.2, 0.25) is 0 Å². The van der Waals surface area contributed by atoms with Gasteiger partial charge in [-0.05, 0) is 25.0 Å². The zero-order chi connectivity index (χ0) is 15.2. The quantitative estimate of drug-likeness (QED) is 0.852. The van der Waals surface area contributed by atoms with Crippen molar-refractivity contribution in [3.63, 3.8) is 0 Å². The molecule has 1 aliphatic heterocycles. The van der Waals surface area contributed by atoms with Crippen molar-refractivity contribution in [2.75, 3.05) is 20.2 Å². The fourth-order valence-electron chi connectivity index (χ4n) is 2.45. The second-order valence-corrected chi connectivity index (χ2v) is 5.08. The van der Waals surface area contributed by atoms with Gasteiger partial charge in [-0.25, -0.2) is 0 Å². The Kier molecular flexibility index (Phi) is 4.98. The molecule has 0 unspecified atom stereocenters. The van der Waals surface area contributed by atoms with E-state index in [2.05, 4.69) is 0 Å². The molecule has 1 aromatic rings. The smallest absolute Gasteiger partial charge is 0.246 e. The van der Waals surface area contributed by atoms with Crippen molar-refractivity contribution < 1.29 is 14.3 Å². The van der Waals surface area contributed by atoms with Crippen LogP contribution in [0.3, 0.4) is 0 Å². The number of benzene rings is 1. The van der Waals surface area contributed by atoms with E-state index in [4.69, 9.17) is 10.5 Å². The van der Waals surface area contributed by atoms with Crippen molar-refractivity contribution in [3.8, 4) is 5.75 Å². The number of rotatable bonds is 4. The summed E-state index contributed by atoms with van der Waals surface area (Å²) in [7, 11) is 1.60. The predicted octanol–water partition coefficient (Wildman–Crippen LogP) is 1.43. The highest BCUT2D eigenvalue weighted by Gasteiger charge is 2.24. The number of nitrogens with two attached hydrogens (primary N) is 1. The Bertz CT molecular complexity index is 546. The molecule has 0 bridgehead atoms. The Labute approximate surface area is 124 Å². The maximum Gasteiger partial charge on any atom is 0.246 e. The van der Waals surface area contributed by atoms with E-state index >= 15 is 0 Å². The largest absolute Gasteiger partial charge is 0.496 e. The minimum absolute atomic E-state index is 0.0520. The zero-order valence-corrected chi connectivity index (χ0v) is 12.1. The molecule has 112 valence electrons.